The van der Waals surface area contributed by atoms with Crippen molar-refractivity contribution in [3.8, 4) is 11.4 Å². The number of imidazole rings is 2. The summed E-state index contributed by atoms with van der Waals surface area (Å²) >= 11 is 0. The van der Waals surface area contributed by atoms with Crippen LogP contribution in [0.3, 0.4) is 0 Å². The second kappa shape index (κ2) is 8.34. The molecule has 11 heteroatoms. The number of likely N-dealkylation sites (N-methyl/N-ethyl adjacent to an activating group) is 1. The minimum Gasteiger partial charge on any atom is -0.497 e. The Balaban J connectivity index is 1.35. The molecule has 2 N–H and O–H groups in total. The van der Waals surface area contributed by atoms with E-state index in [2.05, 4.69) is 37.1 Å². The molecular formula is C23H25N9O2. The summed E-state index contributed by atoms with van der Waals surface area (Å²) in [6.07, 6.45) is 5.06. The van der Waals surface area contributed by atoms with E-state index in [-0.39, 0.29) is 0 Å². The molecular weight excluding hydrogens is 434 g/mol. The first-order valence-corrected chi connectivity index (χ1v) is 11.2. The van der Waals surface area contributed by atoms with Crippen molar-refractivity contribution >= 4 is 34.0 Å². The molecule has 0 radical (unpaired) electrons. The molecule has 0 unspecified atom stereocenters. The van der Waals surface area contributed by atoms with Crippen LogP contribution < -0.4 is 15.0 Å². The zero-order chi connectivity index (χ0) is 23.1. The number of ether oxygens (including phenoxy) is 1. The first-order chi connectivity index (χ1) is 16.7. The minimum absolute atomic E-state index is 0.462. The van der Waals surface area contributed by atoms with E-state index >= 15 is 0 Å². The molecule has 1 aromatic carbocycles. The van der Waals surface area contributed by atoms with Crippen LogP contribution in [0.25, 0.3) is 27.9 Å². The lowest BCUT2D eigenvalue weighted by Crippen LogP contribution is -2.45. The van der Waals surface area contributed by atoms with Gasteiger partial charge in [-0.1, -0.05) is 0 Å². The molecule has 4 aromatic heterocycles. The number of hydrogen-bond acceptors (Lipinski definition) is 9. The number of furan rings is 1. The zero-order valence-electron chi connectivity index (χ0n) is 19.0. The Morgan fingerprint density at radius 2 is 2.00 bits per heavy atom. The lowest BCUT2D eigenvalue weighted by Gasteiger charge is -2.32. The summed E-state index contributed by atoms with van der Waals surface area (Å²) in [6, 6.07) is 7.66. The van der Waals surface area contributed by atoms with E-state index in [1.165, 1.54) is 0 Å². The van der Waals surface area contributed by atoms with Gasteiger partial charge in [0, 0.05) is 38.3 Å². The molecule has 1 aliphatic heterocycles. The topological polar surface area (TPSA) is 113 Å². The monoisotopic (exact) mass is 459 g/mol. The van der Waals surface area contributed by atoms with E-state index < -0.39 is 0 Å². The Morgan fingerprint density at radius 3 is 2.79 bits per heavy atom. The molecule has 0 bridgehead atoms. The van der Waals surface area contributed by atoms with Gasteiger partial charge in [-0.05, 0) is 19.2 Å². The normalized spacial score (nSPS) is 14.8. The van der Waals surface area contributed by atoms with Crippen molar-refractivity contribution < 1.29 is 9.15 Å². The number of aromatic amines is 1. The van der Waals surface area contributed by atoms with Gasteiger partial charge in [0.05, 0.1) is 36.6 Å². The molecule has 0 atom stereocenters. The highest BCUT2D eigenvalue weighted by Crippen LogP contribution is 2.26. The van der Waals surface area contributed by atoms with Gasteiger partial charge in [0.1, 0.15) is 24.2 Å². The van der Waals surface area contributed by atoms with Gasteiger partial charge in [-0.2, -0.15) is 9.97 Å². The smallest absolute Gasteiger partial charge is 0.229 e. The van der Waals surface area contributed by atoms with Gasteiger partial charge >= 0.3 is 0 Å². The summed E-state index contributed by atoms with van der Waals surface area (Å²) in [6.45, 7) is 4.13. The van der Waals surface area contributed by atoms with Gasteiger partial charge in [-0.25, -0.2) is 9.97 Å². The summed E-state index contributed by atoms with van der Waals surface area (Å²) in [5.74, 6) is 2.93. The number of H-pyrrole nitrogens is 1. The molecule has 5 aromatic rings. The van der Waals surface area contributed by atoms with Crippen LogP contribution >= 0.6 is 0 Å². The molecule has 5 heterocycles. The van der Waals surface area contributed by atoms with Crippen LogP contribution in [0.2, 0.25) is 0 Å². The Morgan fingerprint density at radius 1 is 1.12 bits per heavy atom. The van der Waals surface area contributed by atoms with E-state index in [0.29, 0.717) is 23.8 Å². The van der Waals surface area contributed by atoms with Gasteiger partial charge in [-0.3, -0.25) is 4.57 Å². The summed E-state index contributed by atoms with van der Waals surface area (Å²) in [5, 5.41) is 3.43. The van der Waals surface area contributed by atoms with Crippen molar-refractivity contribution in [2.24, 2.45) is 0 Å². The van der Waals surface area contributed by atoms with E-state index in [1.807, 2.05) is 28.8 Å². The van der Waals surface area contributed by atoms with Crippen LogP contribution in [0, 0.1) is 0 Å². The van der Waals surface area contributed by atoms with Crippen LogP contribution in [-0.2, 0) is 6.54 Å². The minimum atomic E-state index is 0.462. The molecule has 174 valence electrons. The SMILES string of the molecule is COc1ccc2nc(CNc3nc(N4CCN(C)CC4)nc4c3ncn4-c3ccoc3)[nH]c2c1. The molecule has 0 amide bonds. The molecule has 1 saturated heterocycles. The molecule has 6 rings (SSSR count). The number of nitrogens with one attached hydrogen (secondary N) is 2. The Kier molecular flexibility index (Phi) is 5.02. The lowest BCUT2D eigenvalue weighted by atomic mass is 10.3. The zero-order valence-corrected chi connectivity index (χ0v) is 19.0. The maximum absolute atomic E-state index is 5.31. The van der Waals surface area contributed by atoms with Gasteiger partial charge < -0.3 is 29.3 Å². The number of benzene rings is 1. The number of nitrogens with zero attached hydrogens (tertiary/aromatic N) is 7. The van der Waals surface area contributed by atoms with Crippen molar-refractivity contribution in [2.45, 2.75) is 6.54 Å². The third-order valence-electron chi connectivity index (χ3n) is 6.12. The quantitative estimate of drug-likeness (QED) is 0.396. The largest absolute Gasteiger partial charge is 0.497 e. The highest BCUT2D eigenvalue weighted by molar-refractivity contribution is 5.85. The summed E-state index contributed by atoms with van der Waals surface area (Å²) in [5.41, 5.74) is 4.08. The lowest BCUT2D eigenvalue weighted by molar-refractivity contribution is 0.311. The van der Waals surface area contributed by atoms with Crippen LogP contribution in [0.4, 0.5) is 11.8 Å². The van der Waals surface area contributed by atoms with Gasteiger partial charge in [0.25, 0.3) is 0 Å². The van der Waals surface area contributed by atoms with Gasteiger partial charge in [0.15, 0.2) is 17.0 Å². The third kappa shape index (κ3) is 3.69. The molecule has 34 heavy (non-hydrogen) atoms. The highest BCUT2D eigenvalue weighted by Gasteiger charge is 2.21. The third-order valence-corrected chi connectivity index (χ3v) is 6.12. The van der Waals surface area contributed by atoms with Crippen molar-refractivity contribution in [1.82, 2.24) is 34.4 Å². The maximum Gasteiger partial charge on any atom is 0.229 e. The van der Waals surface area contributed by atoms with E-state index in [4.69, 9.17) is 19.1 Å². The second-order valence-electron chi connectivity index (χ2n) is 8.35. The van der Waals surface area contributed by atoms with Crippen LogP contribution in [0.15, 0.2) is 47.5 Å². The van der Waals surface area contributed by atoms with Crippen molar-refractivity contribution in [3.05, 3.63) is 48.9 Å². The summed E-state index contributed by atoms with van der Waals surface area (Å²) in [4.78, 5) is 26.9. The summed E-state index contributed by atoms with van der Waals surface area (Å²) < 4.78 is 12.5. The Labute approximate surface area is 195 Å². The number of fused-ring (bicyclic) bond motifs is 2. The Bertz CT molecular complexity index is 1430. The van der Waals surface area contributed by atoms with Crippen LogP contribution in [-0.4, -0.2) is 74.7 Å². The number of anilines is 2. The molecule has 1 aliphatic rings. The number of aromatic nitrogens is 6. The first kappa shape index (κ1) is 20.5. The summed E-state index contributed by atoms with van der Waals surface area (Å²) in [7, 11) is 3.78. The van der Waals surface area contributed by atoms with Crippen molar-refractivity contribution in [2.75, 3.05) is 50.6 Å². The molecule has 0 spiro atoms. The number of piperazine rings is 1. The fourth-order valence-electron chi connectivity index (χ4n) is 4.16. The van der Waals surface area contributed by atoms with E-state index in [9.17, 15) is 0 Å². The average Bonchev–Trinajstić information content (AvgIpc) is 3.61. The fraction of sp³-hybridized carbons (Fsp3) is 0.304. The first-order valence-electron chi connectivity index (χ1n) is 11.2. The van der Waals surface area contributed by atoms with Crippen LogP contribution in [0.5, 0.6) is 5.75 Å². The molecule has 1 fully saturated rings. The van der Waals surface area contributed by atoms with E-state index in [1.54, 1.807) is 26.0 Å². The number of rotatable bonds is 6. The molecule has 0 aliphatic carbocycles. The standard InChI is InChI=1S/C23H25N9O2/c1-30-6-8-31(9-7-30)23-28-21(20-22(29-23)32(14-25-20)15-5-10-34-13-15)24-12-19-26-17-4-3-16(33-2)11-18(17)27-19/h3-5,10-11,13-14H,6-9,12H2,1-2H3,(H,26,27)(H,24,28,29). The van der Waals surface area contributed by atoms with Crippen LogP contribution in [0.1, 0.15) is 5.82 Å². The fourth-order valence-corrected chi connectivity index (χ4v) is 4.16. The highest BCUT2D eigenvalue weighted by atomic mass is 16.5. The number of hydrogen-bond donors (Lipinski definition) is 2. The number of methoxy groups -OCH3 is 1. The van der Waals surface area contributed by atoms with Gasteiger partial charge in [0.2, 0.25) is 5.95 Å². The molecule has 0 saturated carbocycles. The van der Waals surface area contributed by atoms with E-state index in [0.717, 1.165) is 60.1 Å². The van der Waals surface area contributed by atoms with Gasteiger partial charge in [-0.15, -0.1) is 0 Å². The predicted molar refractivity (Wildman–Crippen MR) is 129 cm³/mol. The second-order valence-corrected chi connectivity index (χ2v) is 8.35. The van der Waals surface area contributed by atoms with Crippen molar-refractivity contribution in [1.29, 1.82) is 0 Å². The Hall–Kier alpha value is -4.12. The maximum atomic E-state index is 5.31. The molecule has 11 nitrogen and oxygen atoms in total. The average molecular weight is 460 g/mol. The predicted octanol–water partition coefficient (Wildman–Crippen LogP) is 2.66. The van der Waals surface area contributed by atoms with Crippen molar-refractivity contribution in [3.63, 3.8) is 0 Å².